The van der Waals surface area contributed by atoms with Crippen molar-refractivity contribution in [1.82, 2.24) is 9.21 Å². The number of sulfonamides is 1. The Labute approximate surface area is 255 Å². The summed E-state index contributed by atoms with van der Waals surface area (Å²) in [6, 6.07) is 11.9. The fraction of sp³-hybridized carbons (Fsp3) is 0.414. The first-order chi connectivity index (χ1) is 20.4. The van der Waals surface area contributed by atoms with E-state index in [2.05, 4.69) is 4.99 Å². The molecule has 1 fully saturated rings. The van der Waals surface area contributed by atoms with Gasteiger partial charge in [0.1, 0.15) is 12.5 Å². The van der Waals surface area contributed by atoms with Gasteiger partial charge in [-0.1, -0.05) is 29.8 Å². The molecule has 4 rings (SSSR count). The molecule has 43 heavy (non-hydrogen) atoms. The molecule has 230 valence electrons. The number of halogens is 1. The minimum absolute atomic E-state index is 0.00504. The normalized spacial score (nSPS) is 20.0. The number of ether oxygens (including phenoxy) is 2. The minimum Gasteiger partial charge on any atom is -0.465 e. The fourth-order valence-electron chi connectivity index (χ4n) is 5.35. The number of piperazine rings is 1. The highest BCUT2D eigenvalue weighted by Gasteiger charge is 2.43. The fourth-order valence-corrected chi connectivity index (χ4v) is 7.07. The van der Waals surface area contributed by atoms with Gasteiger partial charge in [-0.3, -0.25) is 24.8 Å². The zero-order valence-electron chi connectivity index (χ0n) is 24.1. The topological polar surface area (TPSA) is 149 Å². The maximum atomic E-state index is 13.5. The standard InChI is InChI=1S/C29H33ClN4O8S/c1-4-41-28(35)25-19(2)31-20(3)26(27(25)21-7-5-9-23(17-21)34(37)38)29(36)42-16-15-32-11-13-33(14-12-32)43(39,40)24-10-6-8-22(30)18-24/h5-10,17-18,25,27H,4,11-16H2,1-3H3/t25?,27-/m1/s1. The number of benzene rings is 2. The summed E-state index contributed by atoms with van der Waals surface area (Å²) in [5.41, 5.74) is 1.11. The number of allylic oxidation sites excluding steroid dienone is 1. The number of carbonyl (C=O) groups excluding carboxylic acids is 2. The molecule has 1 saturated heterocycles. The lowest BCUT2D eigenvalue weighted by Crippen LogP contribution is -2.49. The molecule has 2 atom stereocenters. The van der Waals surface area contributed by atoms with E-state index in [9.17, 15) is 28.1 Å². The van der Waals surface area contributed by atoms with Crippen LogP contribution in [0.25, 0.3) is 0 Å². The molecule has 12 nitrogen and oxygen atoms in total. The van der Waals surface area contributed by atoms with Crippen LogP contribution < -0.4 is 0 Å². The van der Waals surface area contributed by atoms with Crippen LogP contribution in [0.1, 0.15) is 32.3 Å². The third kappa shape index (κ3) is 7.29. The second kappa shape index (κ2) is 13.8. The van der Waals surface area contributed by atoms with Crippen LogP contribution in [0.15, 0.2) is 69.7 Å². The molecule has 0 radical (unpaired) electrons. The molecule has 1 unspecified atom stereocenters. The van der Waals surface area contributed by atoms with Crippen LogP contribution in [0.5, 0.6) is 0 Å². The number of nitro groups is 1. The number of hydrogen-bond donors (Lipinski definition) is 0. The van der Waals surface area contributed by atoms with Gasteiger partial charge in [0.05, 0.1) is 22.0 Å². The zero-order valence-corrected chi connectivity index (χ0v) is 25.6. The molecular formula is C29H33ClN4O8S. The second-order valence-electron chi connectivity index (χ2n) is 10.2. The van der Waals surface area contributed by atoms with Crippen molar-refractivity contribution in [3.05, 3.63) is 80.5 Å². The molecule has 2 aromatic rings. The number of nitrogens with zero attached hydrogens (tertiary/aromatic N) is 4. The Morgan fingerprint density at radius 1 is 1.07 bits per heavy atom. The van der Waals surface area contributed by atoms with Gasteiger partial charge >= 0.3 is 11.9 Å². The molecule has 0 amide bonds. The lowest BCUT2D eigenvalue weighted by atomic mass is 9.75. The van der Waals surface area contributed by atoms with Crippen LogP contribution in [0, 0.1) is 16.0 Å². The summed E-state index contributed by atoms with van der Waals surface area (Å²) < 4.78 is 38.3. The molecule has 0 spiro atoms. The van der Waals surface area contributed by atoms with Crippen molar-refractivity contribution in [1.29, 1.82) is 0 Å². The zero-order chi connectivity index (χ0) is 31.3. The van der Waals surface area contributed by atoms with Crippen molar-refractivity contribution in [2.24, 2.45) is 10.9 Å². The number of nitro benzene ring substituents is 1. The molecule has 0 aliphatic carbocycles. The average molecular weight is 633 g/mol. The van der Waals surface area contributed by atoms with Crippen LogP contribution in [0.3, 0.4) is 0 Å². The van der Waals surface area contributed by atoms with Crippen molar-refractivity contribution in [3.63, 3.8) is 0 Å². The van der Waals surface area contributed by atoms with E-state index in [0.29, 0.717) is 41.6 Å². The van der Waals surface area contributed by atoms with Gasteiger partial charge in [0.15, 0.2) is 0 Å². The number of non-ortho nitro benzene ring substituents is 1. The van der Waals surface area contributed by atoms with Gasteiger partial charge < -0.3 is 9.47 Å². The van der Waals surface area contributed by atoms with Crippen molar-refractivity contribution in [2.45, 2.75) is 31.6 Å². The molecule has 2 heterocycles. The van der Waals surface area contributed by atoms with Crippen molar-refractivity contribution in [2.75, 3.05) is 45.9 Å². The molecule has 2 aromatic carbocycles. The number of aliphatic imine (C=N–C) groups is 1. The molecule has 0 saturated carbocycles. The summed E-state index contributed by atoms with van der Waals surface area (Å²) in [5.74, 6) is -3.16. The van der Waals surface area contributed by atoms with Gasteiger partial charge in [0, 0.05) is 67.2 Å². The summed E-state index contributed by atoms with van der Waals surface area (Å²) >= 11 is 5.98. The number of hydrogen-bond acceptors (Lipinski definition) is 10. The Bertz CT molecular complexity index is 1570. The summed E-state index contributed by atoms with van der Waals surface area (Å²) in [6.07, 6.45) is 0. The van der Waals surface area contributed by atoms with Crippen molar-refractivity contribution in [3.8, 4) is 0 Å². The summed E-state index contributed by atoms with van der Waals surface area (Å²) in [7, 11) is -3.69. The van der Waals surface area contributed by atoms with Crippen LogP contribution in [-0.4, -0.2) is 86.1 Å². The van der Waals surface area contributed by atoms with Gasteiger partial charge in [0.25, 0.3) is 5.69 Å². The highest BCUT2D eigenvalue weighted by atomic mass is 35.5. The Morgan fingerprint density at radius 2 is 1.77 bits per heavy atom. The van der Waals surface area contributed by atoms with E-state index < -0.39 is 38.7 Å². The van der Waals surface area contributed by atoms with Gasteiger partial charge in [-0.15, -0.1) is 0 Å². The maximum Gasteiger partial charge on any atom is 0.336 e. The highest BCUT2D eigenvalue weighted by molar-refractivity contribution is 7.89. The van der Waals surface area contributed by atoms with Crippen LogP contribution in [0.4, 0.5) is 5.69 Å². The average Bonchev–Trinajstić information content (AvgIpc) is 2.97. The molecule has 0 aromatic heterocycles. The van der Waals surface area contributed by atoms with Crippen LogP contribution in [0.2, 0.25) is 5.02 Å². The molecule has 2 aliphatic heterocycles. The Kier molecular flexibility index (Phi) is 10.3. The summed E-state index contributed by atoms with van der Waals surface area (Å²) in [6.45, 7) is 6.81. The largest absolute Gasteiger partial charge is 0.465 e. The van der Waals surface area contributed by atoms with Gasteiger partial charge in [0.2, 0.25) is 10.0 Å². The first-order valence-corrected chi connectivity index (χ1v) is 15.6. The van der Waals surface area contributed by atoms with Gasteiger partial charge in [-0.25, -0.2) is 13.2 Å². The molecule has 14 heteroatoms. The van der Waals surface area contributed by atoms with Gasteiger partial charge in [-0.05, 0) is 44.5 Å². The van der Waals surface area contributed by atoms with E-state index >= 15 is 0 Å². The van der Waals surface area contributed by atoms with Crippen molar-refractivity contribution >= 4 is 45.0 Å². The summed E-state index contributed by atoms with van der Waals surface area (Å²) in [5, 5.41) is 11.8. The second-order valence-corrected chi connectivity index (χ2v) is 12.5. The number of esters is 2. The van der Waals surface area contributed by atoms with Crippen LogP contribution >= 0.6 is 11.6 Å². The number of rotatable bonds is 10. The monoisotopic (exact) mass is 632 g/mol. The Balaban J connectivity index is 1.45. The van der Waals surface area contributed by atoms with E-state index in [0.717, 1.165) is 0 Å². The van der Waals surface area contributed by atoms with E-state index in [1.807, 2.05) is 4.90 Å². The first kappa shape index (κ1) is 32.3. The lowest BCUT2D eigenvalue weighted by Gasteiger charge is -2.34. The number of carbonyl (C=O) groups is 2. The van der Waals surface area contributed by atoms with Gasteiger partial charge in [-0.2, -0.15) is 4.31 Å². The quantitative estimate of drug-likeness (QED) is 0.216. The minimum atomic E-state index is -3.69. The Hall–Kier alpha value is -3.65. The predicted octanol–water partition coefficient (Wildman–Crippen LogP) is 3.81. The lowest BCUT2D eigenvalue weighted by molar-refractivity contribution is -0.384. The maximum absolute atomic E-state index is 13.5. The van der Waals surface area contributed by atoms with E-state index in [1.165, 1.54) is 34.6 Å². The van der Waals surface area contributed by atoms with Crippen LogP contribution in [-0.2, 0) is 29.1 Å². The van der Waals surface area contributed by atoms with E-state index in [-0.39, 0.29) is 42.5 Å². The third-order valence-electron chi connectivity index (χ3n) is 7.43. The molecule has 0 N–H and O–H groups in total. The predicted molar refractivity (Wildman–Crippen MR) is 159 cm³/mol. The molecule has 0 bridgehead atoms. The summed E-state index contributed by atoms with van der Waals surface area (Å²) in [4.78, 5) is 44.1. The molecular weight excluding hydrogens is 600 g/mol. The Morgan fingerprint density at radius 3 is 2.42 bits per heavy atom. The van der Waals surface area contributed by atoms with Crippen molar-refractivity contribution < 1.29 is 32.4 Å². The first-order valence-electron chi connectivity index (χ1n) is 13.8. The SMILES string of the molecule is CCOC(=O)C1C(C)=NC(C)=C(C(=O)OCCN2CCN(S(=O)(=O)c3cccc(Cl)c3)CC2)[C@@H]1c1cccc([N+](=O)[O-])c1. The third-order valence-corrected chi connectivity index (χ3v) is 9.56. The smallest absolute Gasteiger partial charge is 0.336 e. The van der Waals surface area contributed by atoms with E-state index in [4.69, 9.17) is 21.1 Å². The molecule has 2 aliphatic rings. The highest BCUT2D eigenvalue weighted by Crippen LogP contribution is 2.41. The van der Waals surface area contributed by atoms with E-state index in [1.54, 1.807) is 39.0 Å².